The van der Waals surface area contributed by atoms with Gasteiger partial charge in [0.1, 0.15) is 5.75 Å². The number of benzene rings is 1. The van der Waals surface area contributed by atoms with Gasteiger partial charge in [-0.25, -0.2) is 0 Å². The molecule has 1 aromatic carbocycles. The Morgan fingerprint density at radius 3 is 1.69 bits per heavy atom. The number of phenolic OH excluding ortho intramolecular Hbond substituents is 1. The number of hydrogen-bond acceptors (Lipinski definition) is 2. The van der Waals surface area contributed by atoms with E-state index in [0.717, 1.165) is 0 Å². The minimum absolute atomic E-state index is 0.00512. The van der Waals surface area contributed by atoms with Crippen molar-refractivity contribution >= 4 is 12.6 Å². The van der Waals surface area contributed by atoms with Gasteiger partial charge < -0.3 is 5.11 Å². The maximum atomic E-state index is 12.2. The summed E-state index contributed by atoms with van der Waals surface area (Å²) in [7, 11) is 0. The van der Waals surface area contributed by atoms with Crippen molar-refractivity contribution in [1.29, 1.82) is 0 Å². The Kier molecular flexibility index (Phi) is 3.06. The summed E-state index contributed by atoms with van der Waals surface area (Å²) < 4.78 is 73.2. The van der Waals surface area contributed by atoms with Crippen LogP contribution in [0.15, 0.2) is 17.0 Å². The van der Waals surface area contributed by atoms with E-state index in [0.29, 0.717) is 0 Å². The Bertz CT molecular complexity index is 368. The van der Waals surface area contributed by atoms with Gasteiger partial charge in [0.15, 0.2) is 0 Å². The smallest absolute Gasteiger partial charge is 0.419 e. The molecule has 1 nitrogen and oxygen atoms in total. The summed E-state index contributed by atoms with van der Waals surface area (Å²) in [5.74, 6) is -1.47. The lowest BCUT2D eigenvalue weighted by molar-refractivity contribution is -0.144. The van der Waals surface area contributed by atoms with Gasteiger partial charge in [-0.05, 0) is 12.1 Å². The van der Waals surface area contributed by atoms with Crippen molar-refractivity contribution in [2.75, 3.05) is 0 Å². The molecule has 1 aromatic rings. The quantitative estimate of drug-likeness (QED) is 0.539. The van der Waals surface area contributed by atoms with Gasteiger partial charge in [-0.1, -0.05) is 0 Å². The molecule has 0 unspecified atom stereocenters. The van der Waals surface area contributed by atoms with Crippen molar-refractivity contribution in [3.8, 4) is 5.75 Å². The fraction of sp³-hybridized carbons (Fsp3) is 0.250. The Hall–Kier alpha value is -1.05. The first-order chi connectivity index (χ1) is 7.03. The summed E-state index contributed by atoms with van der Waals surface area (Å²) in [6, 6.07) is 0.145. The molecule has 1 N–H and O–H groups in total. The van der Waals surface area contributed by atoms with Crippen LogP contribution in [0.3, 0.4) is 0 Å². The molecule has 0 aliphatic rings. The maximum Gasteiger partial charge on any atom is 0.419 e. The second kappa shape index (κ2) is 3.76. The second-order valence-electron chi connectivity index (χ2n) is 2.88. The number of hydrogen-bond donors (Lipinski definition) is 2. The lowest BCUT2D eigenvalue weighted by atomic mass is 10.1. The van der Waals surface area contributed by atoms with Crippen LogP contribution in [0, 0.1) is 0 Å². The van der Waals surface area contributed by atoms with Gasteiger partial charge in [0, 0.05) is 4.90 Å². The number of halogens is 6. The van der Waals surface area contributed by atoms with Gasteiger partial charge in [-0.2, -0.15) is 26.3 Å². The first kappa shape index (κ1) is 13.0. The molecule has 0 saturated carbocycles. The summed E-state index contributed by atoms with van der Waals surface area (Å²) in [6.07, 6.45) is -9.79. The molecule has 0 bridgehead atoms. The maximum absolute atomic E-state index is 12.2. The first-order valence-corrected chi connectivity index (χ1v) is 4.18. The third kappa shape index (κ3) is 2.55. The van der Waals surface area contributed by atoms with Crippen LogP contribution >= 0.6 is 12.6 Å². The minimum Gasteiger partial charge on any atom is -0.507 e. The molecule has 0 heterocycles. The van der Waals surface area contributed by atoms with E-state index in [1.165, 1.54) is 0 Å². The molecule has 0 amide bonds. The van der Waals surface area contributed by atoms with Crippen molar-refractivity contribution in [1.82, 2.24) is 0 Å². The van der Waals surface area contributed by atoms with Crippen molar-refractivity contribution in [2.45, 2.75) is 17.2 Å². The van der Waals surface area contributed by atoms with Crippen LogP contribution in [0.25, 0.3) is 0 Å². The predicted octanol–water partition coefficient (Wildman–Crippen LogP) is 3.72. The molecule has 0 aliphatic carbocycles. The number of aromatic hydroxyl groups is 1. The van der Waals surface area contributed by atoms with Gasteiger partial charge in [-0.3, -0.25) is 0 Å². The van der Waals surface area contributed by atoms with Crippen LogP contribution in [-0.4, -0.2) is 5.11 Å². The number of rotatable bonds is 0. The van der Waals surface area contributed by atoms with E-state index in [4.69, 9.17) is 5.11 Å². The van der Waals surface area contributed by atoms with Gasteiger partial charge in [0.2, 0.25) is 0 Å². The molecule has 0 saturated heterocycles. The van der Waals surface area contributed by atoms with Crippen LogP contribution in [0.5, 0.6) is 5.75 Å². The van der Waals surface area contributed by atoms with Gasteiger partial charge in [0.25, 0.3) is 0 Å². The largest absolute Gasteiger partial charge is 0.507 e. The molecule has 8 heteroatoms. The lowest BCUT2D eigenvalue weighted by Gasteiger charge is -2.14. The van der Waals surface area contributed by atoms with Crippen molar-refractivity contribution < 1.29 is 31.4 Å². The zero-order valence-corrected chi connectivity index (χ0v) is 8.21. The molecule has 0 radical (unpaired) electrons. The molecule has 0 aromatic heterocycles. The molecule has 0 spiro atoms. The molecular weight excluding hydrogens is 258 g/mol. The fourth-order valence-corrected chi connectivity index (χ4v) is 1.35. The van der Waals surface area contributed by atoms with Crippen molar-refractivity contribution in [3.63, 3.8) is 0 Å². The first-order valence-electron chi connectivity index (χ1n) is 3.74. The van der Waals surface area contributed by atoms with Crippen LogP contribution in [0.4, 0.5) is 26.3 Å². The van der Waals surface area contributed by atoms with E-state index >= 15 is 0 Å². The van der Waals surface area contributed by atoms with Gasteiger partial charge in [0.05, 0.1) is 11.1 Å². The molecular formula is C8H4F6OS. The van der Waals surface area contributed by atoms with E-state index in [-0.39, 0.29) is 12.1 Å². The third-order valence-corrected chi connectivity index (χ3v) is 2.09. The lowest BCUT2D eigenvalue weighted by Crippen LogP contribution is -2.10. The highest BCUT2D eigenvalue weighted by molar-refractivity contribution is 7.80. The molecule has 16 heavy (non-hydrogen) atoms. The van der Waals surface area contributed by atoms with Gasteiger partial charge in [-0.15, -0.1) is 12.6 Å². The van der Waals surface area contributed by atoms with Crippen LogP contribution in [0.2, 0.25) is 0 Å². The highest BCUT2D eigenvalue weighted by atomic mass is 32.1. The fourth-order valence-electron chi connectivity index (χ4n) is 1.03. The van der Waals surface area contributed by atoms with E-state index in [1.54, 1.807) is 0 Å². The normalized spacial score (nSPS) is 12.9. The number of alkyl halides is 6. The summed E-state index contributed by atoms with van der Waals surface area (Å²) in [6.45, 7) is 0. The number of thiol groups is 1. The van der Waals surface area contributed by atoms with E-state index in [9.17, 15) is 26.3 Å². The SMILES string of the molecule is Oc1cc(C(F)(F)F)c(S)cc1C(F)(F)F. The second-order valence-corrected chi connectivity index (χ2v) is 3.36. The highest BCUT2D eigenvalue weighted by Gasteiger charge is 2.39. The zero-order chi connectivity index (χ0) is 12.7. The zero-order valence-electron chi connectivity index (χ0n) is 7.32. The summed E-state index contributed by atoms with van der Waals surface area (Å²) in [5.41, 5.74) is -2.97. The standard InChI is InChI=1S/C8H4F6OS/c9-7(10,11)3-2-6(16)4(1-5(3)15)8(12,13)14/h1-2,15-16H. The molecule has 0 atom stereocenters. The molecule has 90 valence electrons. The monoisotopic (exact) mass is 262 g/mol. The van der Waals surface area contributed by atoms with E-state index in [2.05, 4.69) is 12.6 Å². The van der Waals surface area contributed by atoms with Crippen LogP contribution in [0.1, 0.15) is 11.1 Å². The Morgan fingerprint density at radius 1 is 0.875 bits per heavy atom. The van der Waals surface area contributed by atoms with Crippen LogP contribution < -0.4 is 0 Å². The average molecular weight is 262 g/mol. The number of phenols is 1. The minimum atomic E-state index is -4.92. The van der Waals surface area contributed by atoms with E-state index < -0.39 is 34.1 Å². The third-order valence-electron chi connectivity index (χ3n) is 1.72. The van der Waals surface area contributed by atoms with E-state index in [1.807, 2.05) is 0 Å². The van der Waals surface area contributed by atoms with Crippen molar-refractivity contribution in [2.24, 2.45) is 0 Å². The molecule has 1 rings (SSSR count). The van der Waals surface area contributed by atoms with Crippen LogP contribution in [-0.2, 0) is 12.4 Å². The Balaban J connectivity index is 3.40. The molecule has 0 aliphatic heterocycles. The predicted molar refractivity (Wildman–Crippen MR) is 45.4 cm³/mol. The Labute approximate surface area is 91.1 Å². The molecule has 0 fully saturated rings. The van der Waals surface area contributed by atoms with Crippen molar-refractivity contribution in [3.05, 3.63) is 23.3 Å². The topological polar surface area (TPSA) is 20.2 Å². The summed E-state index contributed by atoms with van der Waals surface area (Å²) >= 11 is 3.31. The summed E-state index contributed by atoms with van der Waals surface area (Å²) in [4.78, 5) is -0.891. The summed E-state index contributed by atoms with van der Waals surface area (Å²) in [5, 5.41) is 8.86. The van der Waals surface area contributed by atoms with Gasteiger partial charge >= 0.3 is 12.4 Å². The Morgan fingerprint density at radius 2 is 1.31 bits per heavy atom. The highest BCUT2D eigenvalue weighted by Crippen LogP contribution is 2.42. The average Bonchev–Trinajstić information content (AvgIpc) is 2.04.